The first-order chi connectivity index (χ1) is 7.22. The Labute approximate surface area is 92.1 Å². The van der Waals surface area contributed by atoms with Gasteiger partial charge in [-0.2, -0.15) is 0 Å². The number of hydrogen-bond donors (Lipinski definition) is 1. The Bertz CT molecular complexity index is 346. The number of anilines is 1. The van der Waals surface area contributed by atoms with E-state index in [1.54, 1.807) is 0 Å². The number of rotatable bonds is 3. The Balaban J connectivity index is 2.14. The Morgan fingerprint density at radius 1 is 1.47 bits per heavy atom. The van der Waals surface area contributed by atoms with Crippen molar-refractivity contribution < 1.29 is 0 Å². The van der Waals surface area contributed by atoms with Crippen LogP contribution in [0.4, 0.5) is 5.69 Å². The maximum Gasteiger partial charge on any atom is 0.0399 e. The number of likely N-dealkylation sites (N-methyl/N-ethyl adjacent to an activating group) is 1. The van der Waals surface area contributed by atoms with Crippen LogP contribution in [-0.4, -0.2) is 19.6 Å². The van der Waals surface area contributed by atoms with E-state index in [2.05, 4.69) is 37.1 Å². The van der Waals surface area contributed by atoms with Crippen molar-refractivity contribution in [3.63, 3.8) is 0 Å². The molecular formula is C13H20N2. The quantitative estimate of drug-likeness (QED) is 0.817. The highest BCUT2D eigenvalue weighted by Crippen LogP contribution is 2.32. The van der Waals surface area contributed by atoms with Crippen LogP contribution in [0.3, 0.4) is 0 Å². The van der Waals surface area contributed by atoms with Gasteiger partial charge in [-0.05, 0) is 44.4 Å². The second-order valence-electron chi connectivity index (χ2n) is 4.53. The van der Waals surface area contributed by atoms with Crippen LogP contribution in [-0.2, 0) is 6.42 Å². The fourth-order valence-corrected chi connectivity index (χ4v) is 2.46. The van der Waals surface area contributed by atoms with Gasteiger partial charge in [-0.15, -0.1) is 0 Å². The second kappa shape index (κ2) is 4.23. The van der Waals surface area contributed by atoms with Crippen molar-refractivity contribution in [3.05, 3.63) is 29.3 Å². The van der Waals surface area contributed by atoms with E-state index in [4.69, 9.17) is 5.73 Å². The third kappa shape index (κ3) is 2.00. The summed E-state index contributed by atoms with van der Waals surface area (Å²) in [6, 6.07) is 7.41. The molecule has 0 amide bonds. The van der Waals surface area contributed by atoms with Gasteiger partial charge < -0.3 is 10.6 Å². The number of hydrogen-bond acceptors (Lipinski definition) is 2. The molecule has 0 fully saturated rings. The summed E-state index contributed by atoms with van der Waals surface area (Å²) >= 11 is 0. The fraction of sp³-hybridized carbons (Fsp3) is 0.538. The predicted octanol–water partition coefficient (Wildman–Crippen LogP) is 2.09. The van der Waals surface area contributed by atoms with E-state index in [0.717, 1.165) is 13.0 Å². The molecule has 2 heteroatoms. The van der Waals surface area contributed by atoms with Crippen LogP contribution in [0, 0.1) is 6.92 Å². The maximum atomic E-state index is 5.56. The lowest BCUT2D eigenvalue weighted by Gasteiger charge is -2.22. The Kier molecular flexibility index (Phi) is 2.96. The molecule has 0 aromatic heterocycles. The molecule has 1 aromatic rings. The summed E-state index contributed by atoms with van der Waals surface area (Å²) in [5.41, 5.74) is 9.83. The van der Waals surface area contributed by atoms with Crippen LogP contribution in [0.5, 0.6) is 0 Å². The molecular weight excluding hydrogens is 184 g/mol. The van der Waals surface area contributed by atoms with Gasteiger partial charge in [-0.1, -0.05) is 17.7 Å². The first kappa shape index (κ1) is 10.5. The van der Waals surface area contributed by atoms with Gasteiger partial charge in [-0.3, -0.25) is 0 Å². The number of benzene rings is 1. The van der Waals surface area contributed by atoms with Crippen LogP contribution in [0.25, 0.3) is 0 Å². The molecule has 2 nitrogen and oxygen atoms in total. The normalized spacial score (nSPS) is 19.4. The molecule has 15 heavy (non-hydrogen) atoms. The predicted molar refractivity (Wildman–Crippen MR) is 65.4 cm³/mol. The third-order valence-corrected chi connectivity index (χ3v) is 3.36. The fourth-order valence-electron chi connectivity index (χ4n) is 2.46. The van der Waals surface area contributed by atoms with Gasteiger partial charge in [0.2, 0.25) is 0 Å². The van der Waals surface area contributed by atoms with Crippen molar-refractivity contribution in [1.82, 2.24) is 0 Å². The first-order valence-corrected chi connectivity index (χ1v) is 5.75. The lowest BCUT2D eigenvalue weighted by molar-refractivity contribution is 0.584. The summed E-state index contributed by atoms with van der Waals surface area (Å²) in [5, 5.41) is 0. The minimum absolute atomic E-state index is 0.658. The van der Waals surface area contributed by atoms with E-state index >= 15 is 0 Å². The first-order valence-electron chi connectivity index (χ1n) is 5.75. The van der Waals surface area contributed by atoms with Crippen LogP contribution in [0.15, 0.2) is 18.2 Å². The molecule has 1 unspecified atom stereocenters. The second-order valence-corrected chi connectivity index (χ2v) is 4.53. The number of nitrogens with two attached hydrogens (primary N) is 1. The molecule has 0 saturated carbocycles. The van der Waals surface area contributed by atoms with E-state index in [9.17, 15) is 0 Å². The zero-order valence-corrected chi connectivity index (χ0v) is 9.66. The van der Waals surface area contributed by atoms with Crippen molar-refractivity contribution in [3.8, 4) is 0 Å². The third-order valence-electron chi connectivity index (χ3n) is 3.36. The van der Waals surface area contributed by atoms with Gasteiger partial charge in [0, 0.05) is 18.8 Å². The highest BCUT2D eigenvalue weighted by atomic mass is 15.2. The van der Waals surface area contributed by atoms with Crippen LogP contribution in [0.2, 0.25) is 0 Å². The monoisotopic (exact) mass is 204 g/mol. The van der Waals surface area contributed by atoms with Crippen molar-refractivity contribution in [2.24, 2.45) is 5.73 Å². The molecule has 0 bridgehead atoms. The summed E-state index contributed by atoms with van der Waals surface area (Å²) < 4.78 is 0. The van der Waals surface area contributed by atoms with E-state index in [1.165, 1.54) is 29.7 Å². The van der Waals surface area contributed by atoms with E-state index in [1.807, 2.05) is 0 Å². The number of aryl methyl sites for hydroxylation is 1. The van der Waals surface area contributed by atoms with E-state index in [-0.39, 0.29) is 0 Å². The Morgan fingerprint density at radius 2 is 2.27 bits per heavy atom. The summed E-state index contributed by atoms with van der Waals surface area (Å²) in [4.78, 5) is 2.41. The molecule has 0 aliphatic carbocycles. The molecule has 1 aromatic carbocycles. The number of fused-ring (bicyclic) bond motifs is 1. The van der Waals surface area contributed by atoms with E-state index < -0.39 is 0 Å². The molecule has 0 spiro atoms. The van der Waals surface area contributed by atoms with E-state index in [0.29, 0.717) is 6.04 Å². The average Bonchev–Trinajstić information content (AvgIpc) is 2.52. The summed E-state index contributed by atoms with van der Waals surface area (Å²) in [7, 11) is 2.20. The molecule has 1 heterocycles. The zero-order chi connectivity index (χ0) is 10.8. The van der Waals surface area contributed by atoms with Crippen LogP contribution >= 0.6 is 0 Å². The van der Waals surface area contributed by atoms with Crippen molar-refractivity contribution in [1.29, 1.82) is 0 Å². The van der Waals surface area contributed by atoms with Crippen LogP contribution in [0.1, 0.15) is 24.0 Å². The minimum Gasteiger partial charge on any atom is -0.371 e. The van der Waals surface area contributed by atoms with Gasteiger partial charge in [0.25, 0.3) is 0 Å². The van der Waals surface area contributed by atoms with Crippen molar-refractivity contribution >= 4 is 5.69 Å². The Morgan fingerprint density at radius 3 is 3.00 bits per heavy atom. The lowest BCUT2D eigenvalue weighted by atomic mass is 10.0. The summed E-state index contributed by atoms with van der Waals surface area (Å²) in [5.74, 6) is 0. The largest absolute Gasteiger partial charge is 0.371 e. The summed E-state index contributed by atoms with van der Waals surface area (Å²) in [6.07, 6.45) is 3.52. The highest BCUT2D eigenvalue weighted by molar-refractivity contribution is 5.59. The molecule has 2 N–H and O–H groups in total. The molecule has 1 aliphatic rings. The molecule has 0 saturated heterocycles. The average molecular weight is 204 g/mol. The SMILES string of the molecule is Cc1ccc2c(c1)CC(CCCN)N2C. The van der Waals surface area contributed by atoms with Gasteiger partial charge in [0.05, 0.1) is 0 Å². The maximum absolute atomic E-state index is 5.56. The van der Waals surface area contributed by atoms with Gasteiger partial charge in [0.15, 0.2) is 0 Å². The Hall–Kier alpha value is -1.02. The van der Waals surface area contributed by atoms with Crippen molar-refractivity contribution in [2.45, 2.75) is 32.2 Å². The van der Waals surface area contributed by atoms with Gasteiger partial charge in [0.1, 0.15) is 0 Å². The molecule has 1 atom stereocenters. The molecule has 2 rings (SSSR count). The molecule has 0 radical (unpaired) electrons. The van der Waals surface area contributed by atoms with Gasteiger partial charge in [-0.25, -0.2) is 0 Å². The lowest BCUT2D eigenvalue weighted by Crippen LogP contribution is -2.28. The molecule has 1 aliphatic heterocycles. The van der Waals surface area contributed by atoms with Gasteiger partial charge >= 0.3 is 0 Å². The summed E-state index contributed by atoms with van der Waals surface area (Å²) in [6.45, 7) is 2.97. The smallest absolute Gasteiger partial charge is 0.0399 e. The topological polar surface area (TPSA) is 29.3 Å². The molecule has 82 valence electrons. The highest BCUT2D eigenvalue weighted by Gasteiger charge is 2.25. The zero-order valence-electron chi connectivity index (χ0n) is 9.66. The van der Waals surface area contributed by atoms with Crippen LogP contribution < -0.4 is 10.6 Å². The number of nitrogens with zero attached hydrogens (tertiary/aromatic N) is 1. The van der Waals surface area contributed by atoms with Crippen molar-refractivity contribution in [2.75, 3.05) is 18.5 Å². The minimum atomic E-state index is 0.658. The standard InChI is InChI=1S/C13H20N2/c1-10-5-6-13-11(8-10)9-12(15(13)2)4-3-7-14/h5-6,8,12H,3-4,7,9,14H2,1-2H3.